The van der Waals surface area contributed by atoms with Crippen LogP contribution in [0.2, 0.25) is 0 Å². The lowest BCUT2D eigenvalue weighted by Gasteiger charge is -2.57. The zero-order valence-corrected chi connectivity index (χ0v) is 33.9. The molecule has 10 aliphatic carbocycles. The van der Waals surface area contributed by atoms with Crippen LogP contribution in [0.3, 0.4) is 0 Å². The van der Waals surface area contributed by atoms with Crippen molar-refractivity contribution in [2.45, 2.75) is 173 Å². The summed E-state index contributed by atoms with van der Waals surface area (Å²) < 4.78 is 0. The molecule has 8 atom stereocenters. The summed E-state index contributed by atoms with van der Waals surface area (Å²) in [5.41, 5.74) is 8.29. The van der Waals surface area contributed by atoms with Crippen molar-refractivity contribution in [2.24, 2.45) is 52.3 Å². The van der Waals surface area contributed by atoms with Crippen molar-refractivity contribution in [1.29, 1.82) is 0 Å². The Morgan fingerprint density at radius 3 is 1.54 bits per heavy atom. The van der Waals surface area contributed by atoms with Gasteiger partial charge in [0, 0.05) is 29.2 Å². The van der Waals surface area contributed by atoms with Crippen LogP contribution in [-0.2, 0) is 33.3 Å². The molecule has 4 heteroatoms. The van der Waals surface area contributed by atoms with Crippen molar-refractivity contribution in [3.05, 3.63) is 57.6 Å². The highest BCUT2D eigenvalue weighted by Gasteiger charge is 2.57. The molecule has 54 heavy (non-hydrogen) atoms. The van der Waals surface area contributed by atoms with E-state index >= 15 is 0 Å². The smallest absolute Gasteiger partial charge is 0.139 e. The van der Waals surface area contributed by atoms with Crippen LogP contribution in [0.5, 0.6) is 11.5 Å². The molecular weight excluding hydrogens is 665 g/mol. The van der Waals surface area contributed by atoms with Crippen LogP contribution >= 0.6 is 0 Å². The van der Waals surface area contributed by atoms with Gasteiger partial charge in [-0.25, -0.2) is 0 Å². The van der Waals surface area contributed by atoms with Gasteiger partial charge in [0.1, 0.15) is 23.1 Å². The highest BCUT2D eigenvalue weighted by molar-refractivity contribution is 5.87. The molecule has 8 fully saturated rings. The summed E-state index contributed by atoms with van der Waals surface area (Å²) in [5.74, 6) is 8.51. The standard InChI is InChI=1S/C28H36O2.C22H30O2/c1-27-7-6-20-21(23(27)4-5-26(27)30)3-2-19-11-25(29)24(12-22(19)20)28-13-16-8-17(14-28)10-18(9-16)15-28;1-21(2,3)18-12-16-13(11-19(18)23)5-6-15-14(16)9-10-22(4)17(15)7-8-20(22)24/h11-12,16-18,20-21,23,29H,2-10,13-15H2,1H3;11-12,14-15,17,23H,5-10H2,1-4H3/t16?,17?,18?,20?,21?,23?,27-,28?;14-,15+,17-,22-/m00/s1. The van der Waals surface area contributed by atoms with Crippen LogP contribution in [0.1, 0.15) is 183 Å². The predicted octanol–water partition coefficient (Wildman–Crippen LogP) is 11.4. The number of aromatic hydroxyl groups is 2. The number of phenolic OH excluding ortho intramolecular Hbond substituents is 2. The van der Waals surface area contributed by atoms with Gasteiger partial charge in [-0.2, -0.15) is 0 Å². The molecule has 4 nitrogen and oxygen atoms in total. The summed E-state index contributed by atoms with van der Waals surface area (Å²) in [7, 11) is 0. The number of hydrogen-bond acceptors (Lipinski definition) is 4. The van der Waals surface area contributed by atoms with Crippen molar-refractivity contribution in [1.82, 2.24) is 0 Å². The molecule has 12 rings (SSSR count). The molecule has 8 saturated carbocycles. The van der Waals surface area contributed by atoms with Gasteiger partial charge >= 0.3 is 0 Å². The molecule has 3 unspecified atom stereocenters. The van der Waals surface area contributed by atoms with Crippen LogP contribution in [0, 0.1) is 52.3 Å². The zero-order chi connectivity index (χ0) is 37.5. The SMILES string of the molecule is CC(C)(C)c1cc2c(cc1O)CC[C@@H]1[C@@H]2CC[C@]2(C)C(=O)CC[C@@H]12.C[C@]12CCC3c4cc(C56CC7CC(CC(C7)C5)C6)c(O)cc4CCC3C1CCC2=O. The van der Waals surface area contributed by atoms with Gasteiger partial charge in [0.25, 0.3) is 0 Å². The zero-order valence-electron chi connectivity index (χ0n) is 33.9. The predicted molar refractivity (Wildman–Crippen MR) is 214 cm³/mol. The summed E-state index contributed by atoms with van der Waals surface area (Å²) in [6.45, 7) is 11.0. The van der Waals surface area contributed by atoms with Gasteiger partial charge in [-0.3, -0.25) is 9.59 Å². The normalized spacial score (nSPS) is 42.6. The third-order valence-corrected chi connectivity index (χ3v) is 18.5. The summed E-state index contributed by atoms with van der Waals surface area (Å²) in [6, 6.07) is 9.00. The van der Waals surface area contributed by atoms with E-state index in [4.69, 9.17) is 0 Å². The maximum atomic E-state index is 12.7. The summed E-state index contributed by atoms with van der Waals surface area (Å²) >= 11 is 0. The van der Waals surface area contributed by atoms with Gasteiger partial charge in [0.15, 0.2) is 0 Å². The number of fused-ring (bicyclic) bond motifs is 10. The Kier molecular flexibility index (Phi) is 8.08. The summed E-state index contributed by atoms with van der Waals surface area (Å²) in [6.07, 6.45) is 21.0. The van der Waals surface area contributed by atoms with Crippen molar-refractivity contribution in [3.8, 4) is 11.5 Å². The monoisotopic (exact) mass is 730 g/mol. The number of aryl methyl sites for hydroxylation is 2. The Morgan fingerprint density at radius 1 is 0.593 bits per heavy atom. The first-order valence-corrected chi connectivity index (χ1v) is 22.5. The minimum absolute atomic E-state index is 0.0431. The fourth-order valence-electron chi connectivity index (χ4n) is 16.2. The molecule has 2 aromatic carbocycles. The second-order valence-electron chi connectivity index (χ2n) is 22.3. The first-order valence-electron chi connectivity index (χ1n) is 22.5. The topological polar surface area (TPSA) is 74.6 Å². The van der Waals surface area contributed by atoms with Crippen molar-refractivity contribution >= 4 is 11.6 Å². The van der Waals surface area contributed by atoms with Crippen LogP contribution < -0.4 is 0 Å². The van der Waals surface area contributed by atoms with Crippen molar-refractivity contribution < 1.29 is 19.8 Å². The van der Waals surface area contributed by atoms with E-state index < -0.39 is 0 Å². The molecule has 0 aliphatic heterocycles. The Morgan fingerprint density at radius 2 is 1.06 bits per heavy atom. The number of phenols is 2. The lowest BCUT2D eigenvalue weighted by Crippen LogP contribution is -2.48. The quantitative estimate of drug-likeness (QED) is 0.306. The molecule has 0 spiro atoms. The van der Waals surface area contributed by atoms with Gasteiger partial charge in [-0.15, -0.1) is 0 Å². The molecule has 4 bridgehead atoms. The van der Waals surface area contributed by atoms with Gasteiger partial charge in [-0.05, 0) is 207 Å². The Labute approximate surface area is 324 Å². The van der Waals surface area contributed by atoms with E-state index in [-0.39, 0.29) is 21.7 Å². The van der Waals surface area contributed by atoms with Crippen LogP contribution in [0.4, 0.5) is 0 Å². The van der Waals surface area contributed by atoms with E-state index in [0.29, 0.717) is 58.6 Å². The van der Waals surface area contributed by atoms with Gasteiger partial charge in [-0.1, -0.05) is 46.8 Å². The maximum Gasteiger partial charge on any atom is 0.139 e. The van der Waals surface area contributed by atoms with Gasteiger partial charge < -0.3 is 10.2 Å². The fourth-order valence-corrected chi connectivity index (χ4v) is 16.2. The average Bonchev–Trinajstić information content (AvgIpc) is 3.60. The van der Waals surface area contributed by atoms with Crippen molar-refractivity contribution in [3.63, 3.8) is 0 Å². The fraction of sp³-hybridized carbons (Fsp3) is 0.720. The molecule has 0 heterocycles. The van der Waals surface area contributed by atoms with E-state index in [1.165, 1.54) is 80.0 Å². The Hall–Kier alpha value is -2.62. The largest absolute Gasteiger partial charge is 0.508 e. The summed E-state index contributed by atoms with van der Waals surface area (Å²) in [5, 5.41) is 21.7. The number of hydrogen-bond donors (Lipinski definition) is 2. The number of ketones is 2. The number of Topliss-reactive ketones (excluding diaryl/α,β-unsaturated/α-hetero) is 2. The third kappa shape index (κ3) is 5.25. The molecule has 0 amide bonds. The van der Waals surface area contributed by atoms with Gasteiger partial charge in [0.05, 0.1) is 0 Å². The lowest BCUT2D eigenvalue weighted by molar-refractivity contribution is -0.130. The molecule has 0 aromatic heterocycles. The van der Waals surface area contributed by atoms with Crippen LogP contribution in [-0.4, -0.2) is 21.8 Å². The number of benzene rings is 2. The minimum Gasteiger partial charge on any atom is -0.508 e. The molecule has 0 saturated heterocycles. The van der Waals surface area contributed by atoms with E-state index in [0.717, 1.165) is 81.1 Å². The molecule has 2 aromatic rings. The second-order valence-corrected chi connectivity index (χ2v) is 22.3. The van der Waals surface area contributed by atoms with Crippen LogP contribution in [0.15, 0.2) is 24.3 Å². The number of carbonyl (C=O) groups is 2. The minimum atomic E-state index is -0.0531. The molecule has 2 N–H and O–H groups in total. The summed E-state index contributed by atoms with van der Waals surface area (Å²) in [4.78, 5) is 25.1. The van der Waals surface area contributed by atoms with E-state index in [1.807, 2.05) is 6.07 Å². The first kappa shape index (κ1) is 35.8. The third-order valence-electron chi connectivity index (χ3n) is 18.5. The Balaban J connectivity index is 0.000000137. The first-order chi connectivity index (χ1) is 25.7. The highest BCUT2D eigenvalue weighted by atomic mass is 16.3. The van der Waals surface area contributed by atoms with Gasteiger partial charge in [0.2, 0.25) is 0 Å². The van der Waals surface area contributed by atoms with E-state index in [1.54, 1.807) is 5.56 Å². The second kappa shape index (κ2) is 12.2. The molecule has 0 radical (unpaired) electrons. The Bertz CT molecular complexity index is 1860. The maximum absolute atomic E-state index is 12.7. The average molecular weight is 731 g/mol. The van der Waals surface area contributed by atoms with Crippen molar-refractivity contribution in [2.75, 3.05) is 0 Å². The molecule has 290 valence electrons. The van der Waals surface area contributed by atoms with E-state index in [2.05, 4.69) is 52.8 Å². The van der Waals surface area contributed by atoms with E-state index in [9.17, 15) is 19.8 Å². The molecular formula is C50H66O4. The lowest BCUT2D eigenvalue weighted by atomic mass is 9.47. The number of carbonyl (C=O) groups excluding carboxylic acids is 2. The highest BCUT2D eigenvalue weighted by Crippen LogP contribution is 2.65. The number of rotatable bonds is 1. The molecule has 10 aliphatic rings. The van der Waals surface area contributed by atoms with Crippen LogP contribution in [0.25, 0.3) is 0 Å².